The van der Waals surface area contributed by atoms with Crippen LogP contribution in [0.2, 0.25) is 0 Å². The second kappa shape index (κ2) is 5.66. The molecule has 1 aliphatic rings. The minimum Gasteiger partial charge on any atom is -0.463 e. The Bertz CT molecular complexity index is 386. The van der Waals surface area contributed by atoms with Gasteiger partial charge >= 0.3 is 11.9 Å². The van der Waals surface area contributed by atoms with E-state index in [0.717, 1.165) is 12.2 Å². The van der Waals surface area contributed by atoms with Crippen molar-refractivity contribution in [2.75, 3.05) is 6.61 Å². The Kier molecular flexibility index (Phi) is 4.47. The van der Waals surface area contributed by atoms with E-state index < -0.39 is 29.5 Å². The summed E-state index contributed by atoms with van der Waals surface area (Å²) in [5, 5.41) is 2.47. The monoisotopic (exact) mass is 255 g/mol. The molecule has 0 aromatic heterocycles. The van der Waals surface area contributed by atoms with Crippen molar-refractivity contribution in [2.24, 2.45) is 0 Å². The lowest BCUT2D eigenvalue weighted by molar-refractivity contribution is -0.148. The molecule has 1 heterocycles. The Balaban J connectivity index is 2.46. The van der Waals surface area contributed by atoms with Crippen molar-refractivity contribution in [3.8, 4) is 0 Å². The zero-order valence-corrected chi connectivity index (χ0v) is 10.7. The first-order valence-corrected chi connectivity index (χ1v) is 5.72. The lowest BCUT2D eigenvalue weighted by Gasteiger charge is -2.14. The van der Waals surface area contributed by atoms with Crippen LogP contribution >= 0.6 is 0 Å². The largest absolute Gasteiger partial charge is 0.463 e. The topological polar surface area (TPSA) is 81.7 Å². The fourth-order valence-corrected chi connectivity index (χ4v) is 1.62. The molecule has 0 radical (unpaired) electrons. The molecule has 1 amide bonds. The van der Waals surface area contributed by atoms with E-state index in [0.29, 0.717) is 6.42 Å². The zero-order chi connectivity index (χ0) is 13.8. The highest BCUT2D eigenvalue weighted by atomic mass is 16.6. The number of amides is 1. The van der Waals surface area contributed by atoms with Crippen LogP contribution in [0.15, 0.2) is 12.2 Å². The van der Waals surface area contributed by atoms with E-state index in [9.17, 15) is 14.4 Å². The number of nitrogens with one attached hydrogen (secondary N) is 1. The minimum atomic E-state index is -0.667. The third kappa shape index (κ3) is 4.20. The van der Waals surface area contributed by atoms with Gasteiger partial charge in [-0.05, 0) is 20.8 Å². The Morgan fingerprint density at radius 1 is 1.50 bits per heavy atom. The number of ether oxygens (including phenoxy) is 2. The van der Waals surface area contributed by atoms with Crippen molar-refractivity contribution in [3.05, 3.63) is 12.2 Å². The molecule has 0 bridgehead atoms. The number of esters is 2. The van der Waals surface area contributed by atoms with Gasteiger partial charge in [0.05, 0.1) is 6.61 Å². The molecule has 1 aliphatic heterocycles. The van der Waals surface area contributed by atoms with Crippen LogP contribution in [0.1, 0.15) is 27.2 Å². The maximum absolute atomic E-state index is 11.5. The summed E-state index contributed by atoms with van der Waals surface area (Å²) in [5.74, 6) is -1.58. The molecule has 6 heteroatoms. The van der Waals surface area contributed by atoms with E-state index in [2.05, 4.69) is 10.1 Å². The maximum Gasteiger partial charge on any atom is 0.330 e. The summed E-state index contributed by atoms with van der Waals surface area (Å²) in [7, 11) is 0. The van der Waals surface area contributed by atoms with E-state index in [1.165, 1.54) is 0 Å². The van der Waals surface area contributed by atoms with Gasteiger partial charge in [0.2, 0.25) is 5.91 Å². The average molecular weight is 255 g/mol. The molecule has 0 aromatic carbocycles. The van der Waals surface area contributed by atoms with Crippen molar-refractivity contribution in [2.45, 2.75) is 38.8 Å². The summed E-state index contributed by atoms with van der Waals surface area (Å²) >= 11 is 0. The van der Waals surface area contributed by atoms with Crippen molar-refractivity contribution >= 4 is 17.8 Å². The standard InChI is InChI=1S/C12H17NO5/c1-4-17-10(15)6-5-9(14)13-8-7-12(2,3)18-11(8)16/h5-6,8H,4,7H2,1-3H3,(H,13,14)/b6-5+. The highest BCUT2D eigenvalue weighted by Gasteiger charge is 2.40. The van der Waals surface area contributed by atoms with Crippen LogP contribution in [0.3, 0.4) is 0 Å². The van der Waals surface area contributed by atoms with Crippen LogP contribution in [0.5, 0.6) is 0 Å². The first kappa shape index (κ1) is 14.2. The van der Waals surface area contributed by atoms with Gasteiger partial charge in [0.1, 0.15) is 11.6 Å². The Morgan fingerprint density at radius 3 is 2.67 bits per heavy atom. The summed E-state index contributed by atoms with van der Waals surface area (Å²) in [5.41, 5.74) is -0.570. The second-order valence-electron chi connectivity index (χ2n) is 4.53. The van der Waals surface area contributed by atoms with Gasteiger partial charge in [-0.1, -0.05) is 0 Å². The Morgan fingerprint density at radius 2 is 2.17 bits per heavy atom. The number of cyclic esters (lactones) is 1. The van der Waals surface area contributed by atoms with Gasteiger partial charge in [0.15, 0.2) is 0 Å². The van der Waals surface area contributed by atoms with Gasteiger partial charge in [0, 0.05) is 18.6 Å². The van der Waals surface area contributed by atoms with Gasteiger partial charge in [-0.25, -0.2) is 9.59 Å². The van der Waals surface area contributed by atoms with Gasteiger partial charge in [0.25, 0.3) is 0 Å². The molecule has 0 aromatic rings. The van der Waals surface area contributed by atoms with Gasteiger partial charge < -0.3 is 14.8 Å². The van der Waals surface area contributed by atoms with Crippen LogP contribution in [-0.4, -0.2) is 36.1 Å². The summed E-state index contributed by atoms with van der Waals surface area (Å²) in [6.07, 6.45) is 2.46. The van der Waals surface area contributed by atoms with Gasteiger partial charge in [-0.3, -0.25) is 4.79 Å². The third-order valence-corrected chi connectivity index (χ3v) is 2.33. The summed E-state index contributed by atoms with van der Waals surface area (Å²) in [6.45, 7) is 5.45. The van der Waals surface area contributed by atoms with Gasteiger partial charge in [-0.2, -0.15) is 0 Å². The fourth-order valence-electron chi connectivity index (χ4n) is 1.62. The second-order valence-corrected chi connectivity index (χ2v) is 4.53. The molecule has 1 unspecified atom stereocenters. The summed E-state index contributed by atoms with van der Waals surface area (Å²) in [4.78, 5) is 33.8. The van der Waals surface area contributed by atoms with E-state index in [1.807, 2.05) is 0 Å². The van der Waals surface area contributed by atoms with E-state index in [4.69, 9.17) is 4.74 Å². The van der Waals surface area contributed by atoms with Crippen LogP contribution in [0.25, 0.3) is 0 Å². The van der Waals surface area contributed by atoms with Gasteiger partial charge in [-0.15, -0.1) is 0 Å². The summed E-state index contributed by atoms with van der Waals surface area (Å²) in [6, 6.07) is -0.667. The summed E-state index contributed by atoms with van der Waals surface area (Å²) < 4.78 is 9.68. The highest BCUT2D eigenvalue weighted by molar-refractivity contribution is 5.96. The molecule has 6 nitrogen and oxygen atoms in total. The molecule has 1 saturated heterocycles. The first-order valence-electron chi connectivity index (χ1n) is 5.72. The number of hydrogen-bond acceptors (Lipinski definition) is 5. The van der Waals surface area contributed by atoms with Crippen molar-refractivity contribution < 1.29 is 23.9 Å². The van der Waals surface area contributed by atoms with Crippen LogP contribution in [0.4, 0.5) is 0 Å². The number of carbonyl (C=O) groups is 3. The van der Waals surface area contributed by atoms with E-state index in [1.54, 1.807) is 20.8 Å². The third-order valence-electron chi connectivity index (χ3n) is 2.33. The quantitative estimate of drug-likeness (QED) is 0.577. The lowest BCUT2D eigenvalue weighted by Crippen LogP contribution is -2.37. The van der Waals surface area contributed by atoms with Crippen LogP contribution < -0.4 is 5.32 Å². The zero-order valence-electron chi connectivity index (χ0n) is 10.7. The Hall–Kier alpha value is -1.85. The molecule has 0 spiro atoms. The predicted molar refractivity (Wildman–Crippen MR) is 62.5 cm³/mol. The molecular weight excluding hydrogens is 238 g/mol. The van der Waals surface area contributed by atoms with Crippen molar-refractivity contribution in [1.29, 1.82) is 0 Å². The SMILES string of the molecule is CCOC(=O)/C=C/C(=O)NC1CC(C)(C)OC1=O. The molecule has 1 fully saturated rings. The minimum absolute atomic E-state index is 0.244. The number of hydrogen-bond donors (Lipinski definition) is 1. The Labute approximate surface area is 105 Å². The molecule has 0 aliphatic carbocycles. The number of rotatable bonds is 4. The number of carbonyl (C=O) groups excluding carboxylic acids is 3. The smallest absolute Gasteiger partial charge is 0.330 e. The van der Waals surface area contributed by atoms with Crippen molar-refractivity contribution in [1.82, 2.24) is 5.32 Å². The molecule has 100 valence electrons. The molecule has 1 atom stereocenters. The first-order chi connectivity index (χ1) is 8.34. The molecule has 1 rings (SSSR count). The average Bonchev–Trinajstić information content (AvgIpc) is 2.49. The maximum atomic E-state index is 11.5. The lowest BCUT2D eigenvalue weighted by atomic mass is 10.0. The predicted octanol–water partition coefficient (Wildman–Crippen LogP) is 0.316. The van der Waals surface area contributed by atoms with E-state index in [-0.39, 0.29) is 6.61 Å². The van der Waals surface area contributed by atoms with Crippen LogP contribution in [-0.2, 0) is 23.9 Å². The molecule has 1 N–H and O–H groups in total. The fraction of sp³-hybridized carbons (Fsp3) is 0.583. The normalized spacial score (nSPS) is 21.7. The van der Waals surface area contributed by atoms with E-state index >= 15 is 0 Å². The molecular formula is C12H17NO5. The highest BCUT2D eigenvalue weighted by Crippen LogP contribution is 2.25. The van der Waals surface area contributed by atoms with Crippen LogP contribution in [0, 0.1) is 0 Å². The van der Waals surface area contributed by atoms with Crippen molar-refractivity contribution in [3.63, 3.8) is 0 Å². The molecule has 18 heavy (non-hydrogen) atoms. The molecule has 0 saturated carbocycles.